The summed E-state index contributed by atoms with van der Waals surface area (Å²) in [7, 11) is 0. The number of benzene rings is 1. The number of nitrogens with one attached hydrogen (secondary N) is 1. The molecule has 0 fully saturated rings. The van der Waals surface area contributed by atoms with Gasteiger partial charge < -0.3 is 10.1 Å². The van der Waals surface area contributed by atoms with Gasteiger partial charge in [0.15, 0.2) is 0 Å². The third-order valence-corrected chi connectivity index (χ3v) is 2.65. The first-order chi connectivity index (χ1) is 8.19. The van der Waals surface area contributed by atoms with Crippen molar-refractivity contribution < 1.29 is 9.13 Å². The molecule has 1 N–H and O–H groups in total. The van der Waals surface area contributed by atoms with Gasteiger partial charge in [0.1, 0.15) is 5.82 Å². The van der Waals surface area contributed by atoms with Crippen molar-refractivity contribution in [2.45, 2.75) is 26.3 Å². The Hall–Kier alpha value is -0.640. The van der Waals surface area contributed by atoms with Gasteiger partial charge in [-0.3, -0.25) is 0 Å². The Morgan fingerprint density at radius 3 is 2.82 bits per heavy atom. The number of hydrogen-bond acceptors (Lipinski definition) is 2. The summed E-state index contributed by atoms with van der Waals surface area (Å²) in [6.45, 7) is 5.92. The van der Waals surface area contributed by atoms with Gasteiger partial charge >= 0.3 is 0 Å². The highest BCUT2D eigenvalue weighted by atomic mass is 35.5. The van der Waals surface area contributed by atoms with E-state index in [0.29, 0.717) is 23.8 Å². The van der Waals surface area contributed by atoms with Crippen LogP contribution >= 0.6 is 11.6 Å². The van der Waals surface area contributed by atoms with E-state index in [4.69, 9.17) is 16.3 Å². The first kappa shape index (κ1) is 14.4. The predicted octanol–water partition coefficient (Wildman–Crippen LogP) is 3.56. The van der Waals surface area contributed by atoms with E-state index in [1.807, 2.05) is 13.8 Å². The van der Waals surface area contributed by atoms with E-state index in [1.165, 1.54) is 6.07 Å². The van der Waals surface area contributed by atoms with E-state index in [-0.39, 0.29) is 11.9 Å². The molecule has 1 atom stereocenters. The molecule has 1 rings (SSSR count). The highest BCUT2D eigenvalue weighted by Crippen LogP contribution is 2.21. The van der Waals surface area contributed by atoms with Crippen LogP contribution in [0.1, 0.15) is 31.9 Å². The van der Waals surface area contributed by atoms with Crippen LogP contribution in [0.5, 0.6) is 0 Å². The van der Waals surface area contributed by atoms with Crippen molar-refractivity contribution in [3.8, 4) is 0 Å². The molecule has 0 saturated heterocycles. The molecule has 0 spiro atoms. The molecule has 17 heavy (non-hydrogen) atoms. The van der Waals surface area contributed by atoms with Gasteiger partial charge in [0.25, 0.3) is 0 Å². The summed E-state index contributed by atoms with van der Waals surface area (Å²) in [4.78, 5) is 0. The molecule has 1 unspecified atom stereocenters. The summed E-state index contributed by atoms with van der Waals surface area (Å²) in [6.07, 6.45) is 0.955. The molecule has 0 radical (unpaired) electrons. The van der Waals surface area contributed by atoms with Crippen LogP contribution in [0.15, 0.2) is 18.2 Å². The maximum atomic E-state index is 13.7. The Bertz CT molecular complexity index is 346. The van der Waals surface area contributed by atoms with Crippen molar-refractivity contribution in [3.63, 3.8) is 0 Å². The largest absolute Gasteiger partial charge is 0.379 e. The van der Waals surface area contributed by atoms with E-state index < -0.39 is 0 Å². The second-order valence-corrected chi connectivity index (χ2v) is 4.29. The molecule has 0 aliphatic carbocycles. The minimum Gasteiger partial charge on any atom is -0.379 e. The van der Waals surface area contributed by atoms with Gasteiger partial charge in [-0.1, -0.05) is 25.4 Å². The SMILES string of the molecule is CCCOCC(NCC)c1cc(Cl)ccc1F. The van der Waals surface area contributed by atoms with E-state index in [0.717, 1.165) is 13.0 Å². The lowest BCUT2D eigenvalue weighted by atomic mass is 10.1. The summed E-state index contributed by atoms with van der Waals surface area (Å²) < 4.78 is 19.2. The summed E-state index contributed by atoms with van der Waals surface area (Å²) >= 11 is 5.89. The number of hydrogen-bond donors (Lipinski definition) is 1. The van der Waals surface area contributed by atoms with Gasteiger partial charge in [0.05, 0.1) is 12.6 Å². The molecular formula is C13H19ClFNO. The van der Waals surface area contributed by atoms with Crippen LogP contribution in [0.2, 0.25) is 5.02 Å². The maximum absolute atomic E-state index is 13.7. The van der Waals surface area contributed by atoms with Crippen LogP contribution in [0.3, 0.4) is 0 Å². The van der Waals surface area contributed by atoms with E-state index in [1.54, 1.807) is 12.1 Å². The fourth-order valence-electron chi connectivity index (χ4n) is 1.63. The quantitative estimate of drug-likeness (QED) is 0.756. The van der Waals surface area contributed by atoms with Crippen molar-refractivity contribution in [1.29, 1.82) is 0 Å². The van der Waals surface area contributed by atoms with Crippen LogP contribution in [0.4, 0.5) is 4.39 Å². The van der Waals surface area contributed by atoms with Gasteiger partial charge in [0, 0.05) is 17.2 Å². The summed E-state index contributed by atoms with van der Waals surface area (Å²) in [5, 5.41) is 3.74. The number of ether oxygens (including phenoxy) is 1. The van der Waals surface area contributed by atoms with Crippen LogP contribution in [-0.2, 0) is 4.74 Å². The summed E-state index contributed by atoms with van der Waals surface area (Å²) in [5.41, 5.74) is 0.565. The first-order valence-corrected chi connectivity index (χ1v) is 6.32. The van der Waals surface area contributed by atoms with Gasteiger partial charge in [-0.2, -0.15) is 0 Å². The van der Waals surface area contributed by atoms with Crippen LogP contribution in [0.25, 0.3) is 0 Å². The summed E-state index contributed by atoms with van der Waals surface area (Å²) in [6, 6.07) is 4.45. The molecule has 0 amide bonds. The minimum absolute atomic E-state index is 0.148. The first-order valence-electron chi connectivity index (χ1n) is 5.95. The maximum Gasteiger partial charge on any atom is 0.128 e. The van der Waals surface area contributed by atoms with Crippen LogP contribution < -0.4 is 5.32 Å². The van der Waals surface area contributed by atoms with Gasteiger partial charge in [-0.05, 0) is 31.2 Å². The average molecular weight is 260 g/mol. The molecule has 0 heterocycles. The van der Waals surface area contributed by atoms with Crippen molar-refractivity contribution in [1.82, 2.24) is 5.32 Å². The van der Waals surface area contributed by atoms with E-state index in [9.17, 15) is 4.39 Å². The van der Waals surface area contributed by atoms with Crippen molar-refractivity contribution in [3.05, 3.63) is 34.6 Å². The normalized spacial score (nSPS) is 12.7. The number of halogens is 2. The average Bonchev–Trinajstić information content (AvgIpc) is 2.32. The van der Waals surface area contributed by atoms with E-state index >= 15 is 0 Å². The summed E-state index contributed by atoms with van der Waals surface area (Å²) in [5.74, 6) is -0.250. The minimum atomic E-state index is -0.250. The molecule has 0 saturated carbocycles. The van der Waals surface area contributed by atoms with Crippen molar-refractivity contribution >= 4 is 11.6 Å². The van der Waals surface area contributed by atoms with Crippen LogP contribution in [0, 0.1) is 5.82 Å². The lowest BCUT2D eigenvalue weighted by Crippen LogP contribution is -2.26. The lowest BCUT2D eigenvalue weighted by Gasteiger charge is -2.19. The topological polar surface area (TPSA) is 21.3 Å². The Kier molecular flexibility index (Phi) is 6.48. The standard InChI is InChI=1S/C13H19ClFNO/c1-3-7-17-9-13(16-4-2)11-8-10(14)5-6-12(11)15/h5-6,8,13,16H,3-4,7,9H2,1-2H3. The molecule has 1 aromatic carbocycles. The molecule has 4 heteroatoms. The fraction of sp³-hybridized carbons (Fsp3) is 0.538. The zero-order valence-corrected chi connectivity index (χ0v) is 11.1. The second-order valence-electron chi connectivity index (χ2n) is 3.85. The Morgan fingerprint density at radius 2 is 2.18 bits per heavy atom. The molecule has 0 aromatic heterocycles. The van der Waals surface area contributed by atoms with Crippen molar-refractivity contribution in [2.75, 3.05) is 19.8 Å². The van der Waals surface area contributed by atoms with Gasteiger partial charge in [-0.25, -0.2) is 4.39 Å². The Morgan fingerprint density at radius 1 is 1.41 bits per heavy atom. The molecule has 1 aromatic rings. The number of rotatable bonds is 7. The van der Waals surface area contributed by atoms with E-state index in [2.05, 4.69) is 5.32 Å². The van der Waals surface area contributed by atoms with Crippen molar-refractivity contribution in [2.24, 2.45) is 0 Å². The molecule has 2 nitrogen and oxygen atoms in total. The van der Waals surface area contributed by atoms with Gasteiger partial charge in [0.2, 0.25) is 0 Å². The zero-order chi connectivity index (χ0) is 12.7. The molecular weight excluding hydrogens is 241 g/mol. The highest BCUT2D eigenvalue weighted by Gasteiger charge is 2.15. The zero-order valence-electron chi connectivity index (χ0n) is 10.3. The second kappa shape index (κ2) is 7.64. The van der Waals surface area contributed by atoms with Crippen LogP contribution in [-0.4, -0.2) is 19.8 Å². The fourth-order valence-corrected chi connectivity index (χ4v) is 1.81. The third-order valence-electron chi connectivity index (χ3n) is 2.42. The third kappa shape index (κ3) is 4.62. The molecule has 96 valence electrons. The lowest BCUT2D eigenvalue weighted by molar-refractivity contribution is 0.111. The Labute approximate surface area is 107 Å². The molecule has 0 bridgehead atoms. The molecule has 0 aliphatic rings. The van der Waals surface area contributed by atoms with Gasteiger partial charge in [-0.15, -0.1) is 0 Å². The Balaban J connectivity index is 2.77. The highest BCUT2D eigenvalue weighted by molar-refractivity contribution is 6.30. The smallest absolute Gasteiger partial charge is 0.128 e. The predicted molar refractivity (Wildman–Crippen MR) is 68.9 cm³/mol. The monoisotopic (exact) mass is 259 g/mol. The number of likely N-dealkylation sites (N-methyl/N-ethyl adjacent to an activating group) is 1. The molecule has 0 aliphatic heterocycles.